The van der Waals surface area contributed by atoms with Gasteiger partial charge in [0.2, 0.25) is 10.5 Å². The minimum absolute atomic E-state index is 0.192. The van der Waals surface area contributed by atoms with Crippen LogP contribution in [0, 0.1) is 6.92 Å². The lowest BCUT2D eigenvalue weighted by Crippen LogP contribution is -2.25. The average molecular weight is 481 g/mol. The number of aryl methyl sites for hydroxylation is 2. The lowest BCUT2D eigenvalue weighted by molar-refractivity contribution is -0.140. The maximum Gasteiger partial charge on any atom is 0.434 e. The SMILES string of the molecule is CCn1cc(C(F)(F)F)nc1-c1ccc(Cn2c(=O)c(C)cn3nc(Br)nc23)cc1. The van der Waals surface area contributed by atoms with Crippen molar-refractivity contribution in [1.82, 2.24) is 28.7 Å². The first kappa shape index (κ1) is 20.3. The Bertz CT molecular complexity index is 1290. The van der Waals surface area contributed by atoms with Crippen LogP contribution in [0.15, 0.2) is 46.2 Å². The van der Waals surface area contributed by atoms with Gasteiger partial charge in [0.05, 0.1) is 6.54 Å². The van der Waals surface area contributed by atoms with E-state index in [1.807, 2.05) is 0 Å². The smallest absolute Gasteiger partial charge is 0.331 e. The third kappa shape index (κ3) is 3.64. The second-order valence-electron chi connectivity index (χ2n) is 6.76. The summed E-state index contributed by atoms with van der Waals surface area (Å²) in [6.07, 6.45) is -1.88. The van der Waals surface area contributed by atoms with E-state index in [9.17, 15) is 18.0 Å². The van der Waals surface area contributed by atoms with Crippen molar-refractivity contribution >= 4 is 21.7 Å². The Labute approximate surface area is 176 Å². The number of imidazole rings is 1. The lowest BCUT2D eigenvalue weighted by atomic mass is 10.1. The van der Waals surface area contributed by atoms with Crippen LogP contribution in [0.3, 0.4) is 0 Å². The molecule has 3 heterocycles. The predicted molar refractivity (Wildman–Crippen MR) is 107 cm³/mol. The van der Waals surface area contributed by atoms with E-state index < -0.39 is 11.9 Å². The van der Waals surface area contributed by atoms with Gasteiger partial charge in [-0.1, -0.05) is 24.3 Å². The summed E-state index contributed by atoms with van der Waals surface area (Å²) in [6, 6.07) is 6.91. The molecule has 0 unspecified atom stereocenters. The summed E-state index contributed by atoms with van der Waals surface area (Å²) in [7, 11) is 0. The number of benzene rings is 1. The zero-order valence-corrected chi connectivity index (χ0v) is 17.6. The van der Waals surface area contributed by atoms with Crippen LogP contribution >= 0.6 is 15.9 Å². The third-order valence-corrected chi connectivity index (χ3v) is 5.02. The fourth-order valence-corrected chi connectivity index (χ4v) is 3.54. The van der Waals surface area contributed by atoms with Crippen molar-refractivity contribution in [3.05, 3.63) is 68.6 Å². The molecule has 0 saturated heterocycles. The maximum absolute atomic E-state index is 13.0. The van der Waals surface area contributed by atoms with Gasteiger partial charge in [-0.25, -0.2) is 9.50 Å². The van der Waals surface area contributed by atoms with Crippen molar-refractivity contribution in [2.75, 3.05) is 0 Å². The zero-order valence-electron chi connectivity index (χ0n) is 16.0. The first-order valence-electron chi connectivity index (χ1n) is 9.03. The van der Waals surface area contributed by atoms with Gasteiger partial charge in [-0.05, 0) is 35.3 Å². The largest absolute Gasteiger partial charge is 0.434 e. The van der Waals surface area contributed by atoms with Gasteiger partial charge in [0.1, 0.15) is 5.82 Å². The zero-order chi connectivity index (χ0) is 21.6. The second kappa shape index (κ2) is 7.38. The van der Waals surface area contributed by atoms with Crippen molar-refractivity contribution in [1.29, 1.82) is 0 Å². The molecular weight excluding hydrogens is 465 g/mol. The molecule has 1 aromatic carbocycles. The molecule has 0 aliphatic carbocycles. The van der Waals surface area contributed by atoms with Crippen LogP contribution in [-0.2, 0) is 19.3 Å². The second-order valence-corrected chi connectivity index (χ2v) is 7.47. The summed E-state index contributed by atoms with van der Waals surface area (Å²) < 4.78 is 43.9. The quantitative estimate of drug-likeness (QED) is 0.443. The minimum Gasteiger partial charge on any atom is -0.331 e. The Morgan fingerprint density at radius 2 is 1.80 bits per heavy atom. The van der Waals surface area contributed by atoms with Crippen LogP contribution in [0.2, 0.25) is 0 Å². The van der Waals surface area contributed by atoms with Gasteiger partial charge in [0.25, 0.3) is 5.56 Å². The number of nitrogens with zero attached hydrogens (tertiary/aromatic N) is 6. The Morgan fingerprint density at radius 1 is 1.10 bits per heavy atom. The molecule has 0 radical (unpaired) electrons. The van der Waals surface area contributed by atoms with Crippen LogP contribution in [0.1, 0.15) is 23.7 Å². The summed E-state index contributed by atoms with van der Waals surface area (Å²) in [5, 5.41) is 4.17. The lowest BCUT2D eigenvalue weighted by Gasteiger charge is -2.09. The monoisotopic (exact) mass is 480 g/mol. The number of rotatable bonds is 4. The highest BCUT2D eigenvalue weighted by Gasteiger charge is 2.34. The number of alkyl halides is 3. The molecule has 30 heavy (non-hydrogen) atoms. The molecule has 11 heteroatoms. The standard InChI is InChI=1S/C19H16BrF3N6O/c1-3-27-10-14(19(21,22)23)24-15(27)13-6-4-12(5-7-13)9-28-16(30)11(2)8-29-18(28)25-17(20)26-29/h4-8,10H,3,9H2,1-2H3. The molecule has 0 atom stereocenters. The number of fused-ring (bicyclic) bond motifs is 1. The fraction of sp³-hybridized carbons (Fsp3) is 0.263. The highest BCUT2D eigenvalue weighted by atomic mass is 79.9. The minimum atomic E-state index is -4.50. The normalized spacial score (nSPS) is 12.1. The van der Waals surface area contributed by atoms with E-state index in [-0.39, 0.29) is 17.9 Å². The molecule has 7 nitrogen and oxygen atoms in total. The van der Waals surface area contributed by atoms with E-state index in [1.54, 1.807) is 44.3 Å². The van der Waals surface area contributed by atoms with Crippen LogP contribution in [0.5, 0.6) is 0 Å². The van der Waals surface area contributed by atoms with Gasteiger partial charge < -0.3 is 4.57 Å². The number of hydrogen-bond acceptors (Lipinski definition) is 4. The van der Waals surface area contributed by atoms with E-state index in [1.165, 1.54) is 13.6 Å². The first-order chi connectivity index (χ1) is 14.2. The Balaban J connectivity index is 1.69. The molecular formula is C19H16BrF3N6O. The molecule has 0 amide bonds. The number of aromatic nitrogens is 6. The molecule has 0 spiro atoms. The fourth-order valence-electron chi connectivity index (χ4n) is 3.21. The molecule has 3 aromatic heterocycles. The molecule has 0 aliphatic rings. The highest BCUT2D eigenvalue weighted by molar-refractivity contribution is 9.10. The van der Waals surface area contributed by atoms with Gasteiger partial charge in [-0.15, -0.1) is 5.10 Å². The molecule has 0 N–H and O–H groups in total. The average Bonchev–Trinajstić information content (AvgIpc) is 3.29. The molecule has 0 aliphatic heterocycles. The molecule has 0 saturated carbocycles. The van der Waals surface area contributed by atoms with Gasteiger partial charge in [0, 0.05) is 30.1 Å². The van der Waals surface area contributed by atoms with E-state index in [2.05, 4.69) is 31.0 Å². The number of hydrogen-bond donors (Lipinski definition) is 0. The molecule has 156 valence electrons. The van der Waals surface area contributed by atoms with E-state index in [0.29, 0.717) is 28.2 Å². The Hall–Kier alpha value is -2.95. The van der Waals surface area contributed by atoms with Gasteiger partial charge in [-0.3, -0.25) is 9.36 Å². The molecule has 0 fully saturated rings. The van der Waals surface area contributed by atoms with E-state index in [0.717, 1.165) is 11.8 Å². The van der Waals surface area contributed by atoms with Crippen molar-refractivity contribution < 1.29 is 13.2 Å². The summed E-state index contributed by atoms with van der Waals surface area (Å²) in [5.74, 6) is 0.630. The summed E-state index contributed by atoms with van der Waals surface area (Å²) in [6.45, 7) is 4.05. The van der Waals surface area contributed by atoms with E-state index >= 15 is 0 Å². The van der Waals surface area contributed by atoms with Crippen molar-refractivity contribution in [3.63, 3.8) is 0 Å². The summed E-state index contributed by atoms with van der Waals surface area (Å²) in [5.41, 5.74) is 0.750. The summed E-state index contributed by atoms with van der Waals surface area (Å²) in [4.78, 5) is 20.6. The Morgan fingerprint density at radius 3 is 2.43 bits per heavy atom. The topological polar surface area (TPSA) is 70.0 Å². The van der Waals surface area contributed by atoms with Crippen LogP contribution in [-0.4, -0.2) is 28.7 Å². The Kier molecular flexibility index (Phi) is 5.00. The molecule has 4 aromatic rings. The van der Waals surface area contributed by atoms with Crippen molar-refractivity contribution in [3.8, 4) is 11.4 Å². The summed E-state index contributed by atoms with van der Waals surface area (Å²) >= 11 is 3.21. The molecule has 4 rings (SSSR count). The highest BCUT2D eigenvalue weighted by Crippen LogP contribution is 2.31. The van der Waals surface area contributed by atoms with Gasteiger partial charge in [0.15, 0.2) is 5.69 Å². The van der Waals surface area contributed by atoms with Crippen LogP contribution in [0.4, 0.5) is 13.2 Å². The first-order valence-corrected chi connectivity index (χ1v) is 9.82. The maximum atomic E-state index is 13.0. The molecule has 0 bridgehead atoms. The van der Waals surface area contributed by atoms with E-state index in [4.69, 9.17) is 0 Å². The van der Waals surface area contributed by atoms with Crippen LogP contribution < -0.4 is 5.56 Å². The third-order valence-electron chi connectivity index (χ3n) is 4.69. The van der Waals surface area contributed by atoms with Crippen molar-refractivity contribution in [2.24, 2.45) is 0 Å². The predicted octanol–water partition coefficient (Wildman–Crippen LogP) is 3.91. The number of halogens is 4. The van der Waals surface area contributed by atoms with Gasteiger partial charge in [-0.2, -0.15) is 18.2 Å². The van der Waals surface area contributed by atoms with Crippen molar-refractivity contribution in [2.45, 2.75) is 33.1 Å². The van der Waals surface area contributed by atoms with Gasteiger partial charge >= 0.3 is 6.18 Å². The van der Waals surface area contributed by atoms with Crippen LogP contribution in [0.25, 0.3) is 17.2 Å².